The highest BCUT2D eigenvalue weighted by Crippen LogP contribution is 2.23. The number of thiazole rings is 1. The van der Waals surface area contributed by atoms with Crippen molar-refractivity contribution in [1.29, 1.82) is 0 Å². The number of hydrogen-bond acceptors (Lipinski definition) is 5. The molecule has 0 aromatic carbocycles. The molecule has 3 rings (SSSR count). The third-order valence-electron chi connectivity index (χ3n) is 4.62. The van der Waals surface area contributed by atoms with Crippen molar-refractivity contribution < 1.29 is 0 Å². The van der Waals surface area contributed by atoms with Crippen molar-refractivity contribution in [2.75, 3.05) is 32.7 Å². The predicted octanol–water partition coefficient (Wildman–Crippen LogP) is 3.60. The van der Waals surface area contributed by atoms with Crippen LogP contribution in [0, 0.1) is 13.8 Å². The molecule has 0 radical (unpaired) electrons. The van der Waals surface area contributed by atoms with E-state index in [2.05, 4.69) is 52.7 Å². The van der Waals surface area contributed by atoms with Gasteiger partial charge in [-0.3, -0.25) is 9.89 Å². The van der Waals surface area contributed by atoms with Crippen molar-refractivity contribution >= 4 is 52.6 Å². The zero-order chi connectivity index (χ0) is 18.4. The Morgan fingerprint density at radius 1 is 1.33 bits per heavy atom. The summed E-state index contributed by atoms with van der Waals surface area (Å²) in [7, 11) is 0. The van der Waals surface area contributed by atoms with Crippen LogP contribution in [0.25, 0.3) is 0 Å². The highest BCUT2D eigenvalue weighted by atomic mass is 127. The van der Waals surface area contributed by atoms with Crippen LogP contribution in [0.2, 0.25) is 0 Å². The van der Waals surface area contributed by atoms with Gasteiger partial charge in [-0.05, 0) is 44.2 Å². The van der Waals surface area contributed by atoms with Crippen LogP contribution in [0.5, 0.6) is 0 Å². The van der Waals surface area contributed by atoms with Crippen LogP contribution >= 0.6 is 46.7 Å². The van der Waals surface area contributed by atoms with Crippen molar-refractivity contribution in [2.45, 2.75) is 40.2 Å². The summed E-state index contributed by atoms with van der Waals surface area (Å²) in [6, 6.07) is 2.27. The van der Waals surface area contributed by atoms with E-state index in [1.165, 1.54) is 21.9 Å². The van der Waals surface area contributed by atoms with E-state index in [1.807, 2.05) is 11.3 Å². The second kappa shape index (κ2) is 11.3. The first-order chi connectivity index (χ1) is 12.7. The molecule has 27 heavy (non-hydrogen) atoms. The second-order valence-corrected chi connectivity index (χ2v) is 8.87. The Balaban J connectivity index is 0.00000261. The van der Waals surface area contributed by atoms with Gasteiger partial charge in [-0.15, -0.1) is 46.7 Å². The Morgan fingerprint density at radius 2 is 2.19 bits per heavy atom. The van der Waals surface area contributed by atoms with E-state index in [0.717, 1.165) is 57.3 Å². The van der Waals surface area contributed by atoms with E-state index in [4.69, 9.17) is 4.99 Å². The molecule has 0 bridgehead atoms. The van der Waals surface area contributed by atoms with Gasteiger partial charge < -0.3 is 10.6 Å². The Labute approximate surface area is 187 Å². The highest BCUT2D eigenvalue weighted by Gasteiger charge is 2.16. The molecule has 1 aliphatic rings. The number of fused-ring (bicyclic) bond motifs is 1. The lowest BCUT2D eigenvalue weighted by Gasteiger charge is -2.26. The SMILES string of the molecule is CCNC(=NCCN1CCc2sccc2C1)NCCc1nc(C)c(C)s1.I. The number of nitrogens with one attached hydrogen (secondary N) is 2. The largest absolute Gasteiger partial charge is 0.357 e. The van der Waals surface area contributed by atoms with Crippen molar-refractivity contribution in [2.24, 2.45) is 4.99 Å². The number of aryl methyl sites for hydroxylation is 2. The Bertz CT molecular complexity index is 721. The van der Waals surface area contributed by atoms with Crippen LogP contribution in [-0.2, 0) is 19.4 Å². The van der Waals surface area contributed by atoms with E-state index in [0.29, 0.717) is 0 Å². The summed E-state index contributed by atoms with van der Waals surface area (Å²) < 4.78 is 0. The Morgan fingerprint density at radius 3 is 2.93 bits per heavy atom. The number of nitrogens with zero attached hydrogens (tertiary/aromatic N) is 3. The van der Waals surface area contributed by atoms with Crippen molar-refractivity contribution in [1.82, 2.24) is 20.5 Å². The Kier molecular flexibility index (Phi) is 9.47. The number of guanidine groups is 1. The molecule has 0 saturated heterocycles. The predicted molar refractivity (Wildman–Crippen MR) is 128 cm³/mol. The number of rotatable bonds is 7. The van der Waals surface area contributed by atoms with Gasteiger partial charge in [-0.25, -0.2) is 4.98 Å². The molecule has 2 aromatic rings. The topological polar surface area (TPSA) is 52.6 Å². The van der Waals surface area contributed by atoms with Gasteiger partial charge in [-0.2, -0.15) is 0 Å². The number of halogens is 1. The number of hydrogen-bond donors (Lipinski definition) is 2. The molecule has 0 unspecified atom stereocenters. The highest BCUT2D eigenvalue weighted by molar-refractivity contribution is 14.0. The molecule has 0 aliphatic carbocycles. The quantitative estimate of drug-likeness (QED) is 0.334. The van der Waals surface area contributed by atoms with Gasteiger partial charge in [0.05, 0.1) is 17.2 Å². The lowest BCUT2D eigenvalue weighted by atomic mass is 10.1. The van der Waals surface area contributed by atoms with Crippen LogP contribution < -0.4 is 10.6 Å². The third-order valence-corrected chi connectivity index (χ3v) is 6.78. The summed E-state index contributed by atoms with van der Waals surface area (Å²) in [6.45, 7) is 12.1. The summed E-state index contributed by atoms with van der Waals surface area (Å²) in [4.78, 5) is 14.7. The van der Waals surface area contributed by atoms with Gasteiger partial charge in [0.25, 0.3) is 0 Å². The monoisotopic (exact) mass is 519 g/mol. The maximum absolute atomic E-state index is 4.74. The summed E-state index contributed by atoms with van der Waals surface area (Å²) >= 11 is 3.69. The molecule has 2 aromatic heterocycles. The molecule has 0 amide bonds. The van der Waals surface area contributed by atoms with E-state index >= 15 is 0 Å². The number of thiophene rings is 1. The minimum atomic E-state index is 0. The lowest BCUT2D eigenvalue weighted by Crippen LogP contribution is -2.39. The van der Waals surface area contributed by atoms with Crippen molar-refractivity contribution in [3.63, 3.8) is 0 Å². The zero-order valence-electron chi connectivity index (χ0n) is 16.4. The molecule has 0 spiro atoms. The fourth-order valence-electron chi connectivity index (χ4n) is 3.08. The number of aromatic nitrogens is 1. The summed E-state index contributed by atoms with van der Waals surface area (Å²) in [5, 5.41) is 10.2. The molecule has 0 saturated carbocycles. The third kappa shape index (κ3) is 6.69. The van der Waals surface area contributed by atoms with E-state index in [1.54, 1.807) is 16.2 Å². The first-order valence-electron chi connectivity index (χ1n) is 9.38. The van der Waals surface area contributed by atoms with Gasteiger partial charge in [0.15, 0.2) is 5.96 Å². The van der Waals surface area contributed by atoms with E-state index in [-0.39, 0.29) is 24.0 Å². The second-order valence-electron chi connectivity index (χ2n) is 6.58. The van der Waals surface area contributed by atoms with E-state index < -0.39 is 0 Å². The zero-order valence-corrected chi connectivity index (χ0v) is 20.3. The van der Waals surface area contributed by atoms with Gasteiger partial charge >= 0.3 is 0 Å². The van der Waals surface area contributed by atoms with Gasteiger partial charge in [0.1, 0.15) is 0 Å². The van der Waals surface area contributed by atoms with Gasteiger partial charge in [-0.1, -0.05) is 0 Å². The Hall–Kier alpha value is -0.710. The first kappa shape index (κ1) is 22.6. The molecule has 0 atom stereocenters. The minimum absolute atomic E-state index is 0. The minimum Gasteiger partial charge on any atom is -0.357 e. The van der Waals surface area contributed by atoms with Gasteiger partial charge in [0, 0.05) is 48.9 Å². The maximum Gasteiger partial charge on any atom is 0.191 e. The first-order valence-corrected chi connectivity index (χ1v) is 11.1. The van der Waals surface area contributed by atoms with Crippen molar-refractivity contribution in [3.8, 4) is 0 Å². The van der Waals surface area contributed by atoms with Gasteiger partial charge in [0.2, 0.25) is 0 Å². The summed E-state index contributed by atoms with van der Waals surface area (Å²) in [5.74, 6) is 0.908. The molecular formula is C19H30IN5S2. The van der Waals surface area contributed by atoms with Crippen LogP contribution in [0.3, 0.4) is 0 Å². The normalized spacial score (nSPS) is 14.6. The standard InChI is InChI=1S/C19H29N5S2.HI/c1-4-20-19(21-8-5-18-23-14(2)15(3)26-18)22-9-11-24-10-6-17-16(13-24)7-12-25-17;/h7,12H,4-6,8-11,13H2,1-3H3,(H2,20,21,22);1H. The lowest BCUT2D eigenvalue weighted by molar-refractivity contribution is 0.263. The fraction of sp³-hybridized carbons (Fsp3) is 0.579. The van der Waals surface area contributed by atoms with E-state index in [9.17, 15) is 0 Å². The average Bonchev–Trinajstić information content (AvgIpc) is 3.21. The molecule has 1 aliphatic heterocycles. The average molecular weight is 520 g/mol. The molecule has 3 heterocycles. The van der Waals surface area contributed by atoms with Crippen LogP contribution in [0.15, 0.2) is 16.4 Å². The maximum atomic E-state index is 4.74. The van der Waals surface area contributed by atoms with Crippen LogP contribution in [-0.4, -0.2) is 48.6 Å². The molecule has 8 heteroatoms. The van der Waals surface area contributed by atoms with Crippen LogP contribution in [0.4, 0.5) is 0 Å². The smallest absolute Gasteiger partial charge is 0.191 e. The fourth-order valence-corrected chi connectivity index (χ4v) is 4.90. The summed E-state index contributed by atoms with van der Waals surface area (Å²) in [6.07, 6.45) is 2.12. The molecule has 2 N–H and O–H groups in total. The molecule has 0 fully saturated rings. The van der Waals surface area contributed by atoms with Crippen LogP contribution in [0.1, 0.15) is 32.9 Å². The molecule has 150 valence electrons. The number of aliphatic imine (C=N–C) groups is 1. The molecule has 5 nitrogen and oxygen atoms in total. The molecular weight excluding hydrogens is 489 g/mol. The summed E-state index contributed by atoms with van der Waals surface area (Å²) in [5.41, 5.74) is 2.66. The van der Waals surface area contributed by atoms with Crippen molar-refractivity contribution in [3.05, 3.63) is 37.5 Å².